The summed E-state index contributed by atoms with van der Waals surface area (Å²) in [5.74, 6) is -0.906. The minimum atomic E-state index is -0.595. The molecule has 39 heavy (non-hydrogen) atoms. The first-order chi connectivity index (χ1) is 19.0. The number of nitrogens with one attached hydrogen (secondary N) is 2. The second-order valence-electron chi connectivity index (χ2n) is 7.99. The molecule has 0 aliphatic carbocycles. The van der Waals surface area contributed by atoms with E-state index in [0.29, 0.717) is 29.0 Å². The molecule has 2 N–H and O–H groups in total. The van der Waals surface area contributed by atoms with Crippen LogP contribution in [0.4, 0.5) is 0 Å². The van der Waals surface area contributed by atoms with Crippen LogP contribution in [0, 0.1) is 0 Å². The molecule has 0 atom stereocenters. The number of hydrogen-bond donors (Lipinski definition) is 2. The van der Waals surface area contributed by atoms with Gasteiger partial charge in [0.05, 0.1) is 18.4 Å². The topological polar surface area (TPSA) is 106 Å². The normalized spacial score (nSPS) is 11.2. The number of ether oxygens (including phenoxy) is 2. The summed E-state index contributed by atoms with van der Waals surface area (Å²) >= 11 is 1.43. The summed E-state index contributed by atoms with van der Waals surface area (Å²) in [5.41, 5.74) is 3.92. The molecule has 0 saturated heterocycles. The highest BCUT2D eigenvalue weighted by atomic mass is 32.1. The molecule has 0 bridgehead atoms. The van der Waals surface area contributed by atoms with Crippen LogP contribution in [-0.4, -0.2) is 30.6 Å². The molecule has 2 amide bonds. The van der Waals surface area contributed by atoms with Gasteiger partial charge in [-0.25, -0.2) is 10.2 Å². The molecule has 0 spiro atoms. The zero-order valence-electron chi connectivity index (χ0n) is 21.0. The molecule has 3 aromatic carbocycles. The van der Waals surface area contributed by atoms with Gasteiger partial charge in [0.2, 0.25) is 0 Å². The number of thiophene rings is 1. The Labute approximate surface area is 229 Å². The number of carbonyl (C=O) groups excluding carboxylic acids is 3. The Hall–Kier alpha value is -5.02. The van der Waals surface area contributed by atoms with E-state index in [0.717, 1.165) is 4.88 Å². The lowest BCUT2D eigenvalue weighted by atomic mass is 10.2. The van der Waals surface area contributed by atoms with Crippen molar-refractivity contribution in [1.82, 2.24) is 10.7 Å². The number of rotatable bonds is 10. The minimum Gasteiger partial charge on any atom is -0.490 e. The van der Waals surface area contributed by atoms with Crippen LogP contribution in [0.5, 0.6) is 11.5 Å². The van der Waals surface area contributed by atoms with Crippen LogP contribution in [0.25, 0.3) is 6.08 Å². The Bertz CT molecular complexity index is 1480. The van der Waals surface area contributed by atoms with Gasteiger partial charge >= 0.3 is 5.97 Å². The van der Waals surface area contributed by atoms with Crippen molar-refractivity contribution in [3.8, 4) is 11.5 Å². The van der Waals surface area contributed by atoms with Gasteiger partial charge in [0.15, 0.2) is 11.5 Å². The van der Waals surface area contributed by atoms with Crippen molar-refractivity contribution < 1.29 is 23.9 Å². The standard InChI is InChI=1S/C30H25N3O5S/c1-2-37-27-18-21(15-16-26(27)38-30(36)23-12-7-4-8-13-23)20-31-33-29(35)25(19-24-14-9-17-39-24)32-28(34)22-10-5-3-6-11-22/h3-20H,2H2,1H3,(H,32,34)(H,33,35)/b25-19+,31-20-. The van der Waals surface area contributed by atoms with Crippen molar-refractivity contribution in [1.29, 1.82) is 0 Å². The Kier molecular flexibility index (Phi) is 9.36. The Morgan fingerprint density at radius 1 is 0.872 bits per heavy atom. The number of nitrogens with zero attached hydrogens (tertiary/aromatic N) is 1. The molecule has 0 radical (unpaired) electrons. The van der Waals surface area contributed by atoms with Gasteiger partial charge in [0.1, 0.15) is 5.70 Å². The van der Waals surface area contributed by atoms with Crippen LogP contribution in [-0.2, 0) is 4.79 Å². The molecule has 1 heterocycles. The first-order valence-corrected chi connectivity index (χ1v) is 12.9. The largest absolute Gasteiger partial charge is 0.490 e. The number of esters is 1. The predicted octanol–water partition coefficient (Wildman–Crippen LogP) is 5.29. The third-order valence-electron chi connectivity index (χ3n) is 5.22. The van der Waals surface area contributed by atoms with Crippen LogP contribution < -0.4 is 20.2 Å². The number of benzene rings is 3. The van der Waals surface area contributed by atoms with Crippen molar-refractivity contribution >= 4 is 41.4 Å². The van der Waals surface area contributed by atoms with E-state index in [1.807, 2.05) is 30.5 Å². The summed E-state index contributed by atoms with van der Waals surface area (Å²) in [4.78, 5) is 38.8. The number of hydrogen-bond acceptors (Lipinski definition) is 7. The highest BCUT2D eigenvalue weighted by Crippen LogP contribution is 2.29. The second-order valence-corrected chi connectivity index (χ2v) is 8.97. The zero-order valence-corrected chi connectivity index (χ0v) is 21.8. The molecular weight excluding hydrogens is 514 g/mol. The van der Waals surface area contributed by atoms with E-state index in [2.05, 4.69) is 15.8 Å². The van der Waals surface area contributed by atoms with Gasteiger partial charge in [0.25, 0.3) is 11.8 Å². The van der Waals surface area contributed by atoms with E-state index in [9.17, 15) is 14.4 Å². The molecule has 0 unspecified atom stereocenters. The molecule has 0 saturated carbocycles. The second kappa shape index (κ2) is 13.5. The summed E-state index contributed by atoms with van der Waals surface area (Å²) < 4.78 is 11.2. The molecular formula is C30H25N3O5S. The van der Waals surface area contributed by atoms with Gasteiger partial charge in [0, 0.05) is 10.4 Å². The fraction of sp³-hybridized carbons (Fsp3) is 0.0667. The molecule has 196 valence electrons. The maximum atomic E-state index is 12.9. The molecule has 4 rings (SSSR count). The summed E-state index contributed by atoms with van der Waals surface area (Å²) in [5, 5.41) is 8.56. The Morgan fingerprint density at radius 3 is 2.26 bits per heavy atom. The molecule has 9 heteroatoms. The van der Waals surface area contributed by atoms with E-state index >= 15 is 0 Å². The Balaban J connectivity index is 1.46. The summed E-state index contributed by atoms with van der Waals surface area (Å²) in [6, 6.07) is 25.8. The van der Waals surface area contributed by atoms with Gasteiger partial charge in [-0.15, -0.1) is 11.3 Å². The molecule has 8 nitrogen and oxygen atoms in total. The molecule has 0 fully saturated rings. The van der Waals surface area contributed by atoms with Crippen molar-refractivity contribution in [2.45, 2.75) is 6.92 Å². The number of amides is 2. The predicted molar refractivity (Wildman–Crippen MR) is 151 cm³/mol. The molecule has 0 aliphatic heterocycles. The monoisotopic (exact) mass is 539 g/mol. The van der Waals surface area contributed by atoms with Crippen molar-refractivity contribution in [3.05, 3.63) is 124 Å². The van der Waals surface area contributed by atoms with Gasteiger partial charge in [-0.05, 0) is 72.5 Å². The molecule has 0 aliphatic rings. The summed E-state index contributed by atoms with van der Waals surface area (Å²) in [6.45, 7) is 2.17. The van der Waals surface area contributed by atoms with Gasteiger partial charge in [-0.1, -0.05) is 42.5 Å². The summed E-state index contributed by atoms with van der Waals surface area (Å²) in [7, 11) is 0. The molecule has 1 aromatic heterocycles. The van der Waals surface area contributed by atoms with E-state index in [4.69, 9.17) is 9.47 Å². The lowest BCUT2D eigenvalue weighted by Crippen LogP contribution is -2.32. The quantitative estimate of drug-likeness (QED) is 0.0937. The van der Waals surface area contributed by atoms with E-state index in [1.165, 1.54) is 17.6 Å². The van der Waals surface area contributed by atoms with Crippen molar-refractivity contribution in [2.75, 3.05) is 6.61 Å². The lowest BCUT2D eigenvalue weighted by Gasteiger charge is -2.11. The van der Waals surface area contributed by atoms with E-state index < -0.39 is 17.8 Å². The highest BCUT2D eigenvalue weighted by Gasteiger charge is 2.15. The van der Waals surface area contributed by atoms with E-state index in [1.54, 1.807) is 78.9 Å². The smallest absolute Gasteiger partial charge is 0.343 e. The minimum absolute atomic E-state index is 0.0432. The van der Waals surface area contributed by atoms with Crippen molar-refractivity contribution in [3.63, 3.8) is 0 Å². The van der Waals surface area contributed by atoms with Crippen molar-refractivity contribution in [2.24, 2.45) is 5.10 Å². The third-order valence-corrected chi connectivity index (χ3v) is 6.04. The van der Waals surface area contributed by atoms with Gasteiger partial charge in [-0.3, -0.25) is 9.59 Å². The average molecular weight is 540 g/mol. The van der Waals surface area contributed by atoms with Crippen LogP contribution in [0.3, 0.4) is 0 Å². The Morgan fingerprint density at radius 2 is 1.59 bits per heavy atom. The maximum absolute atomic E-state index is 12.9. The molecule has 4 aromatic rings. The zero-order chi connectivity index (χ0) is 27.5. The van der Waals surface area contributed by atoms with Gasteiger partial charge in [-0.2, -0.15) is 5.10 Å². The van der Waals surface area contributed by atoms with Crippen LogP contribution in [0.1, 0.15) is 38.1 Å². The number of hydrazone groups is 1. The number of carbonyl (C=O) groups is 3. The van der Waals surface area contributed by atoms with Crippen LogP contribution in [0.2, 0.25) is 0 Å². The SMILES string of the molecule is CCOc1cc(/C=N\NC(=O)/C(=C\c2cccs2)NC(=O)c2ccccc2)ccc1OC(=O)c1ccccc1. The fourth-order valence-electron chi connectivity index (χ4n) is 3.37. The summed E-state index contributed by atoms with van der Waals surface area (Å²) in [6.07, 6.45) is 3.00. The van der Waals surface area contributed by atoms with Gasteiger partial charge < -0.3 is 14.8 Å². The first-order valence-electron chi connectivity index (χ1n) is 12.0. The van der Waals surface area contributed by atoms with Crippen LogP contribution in [0.15, 0.2) is 107 Å². The highest BCUT2D eigenvalue weighted by molar-refractivity contribution is 7.10. The lowest BCUT2D eigenvalue weighted by molar-refractivity contribution is -0.117. The third kappa shape index (κ3) is 7.73. The first kappa shape index (κ1) is 27.0. The maximum Gasteiger partial charge on any atom is 0.343 e. The fourth-order valence-corrected chi connectivity index (χ4v) is 4.03. The van der Waals surface area contributed by atoms with E-state index in [-0.39, 0.29) is 11.4 Å². The average Bonchev–Trinajstić information content (AvgIpc) is 3.48. The van der Waals surface area contributed by atoms with Crippen LogP contribution >= 0.6 is 11.3 Å².